The molecule has 0 saturated heterocycles. The first-order valence-corrected chi connectivity index (χ1v) is 8.07. The molecular weight excluding hydrogens is 318 g/mol. The molecule has 0 unspecified atom stereocenters. The summed E-state index contributed by atoms with van der Waals surface area (Å²) in [6.07, 6.45) is 0.683. The van der Waals surface area contributed by atoms with Crippen molar-refractivity contribution in [1.82, 2.24) is 10.1 Å². The van der Waals surface area contributed by atoms with Gasteiger partial charge in [-0.25, -0.2) is 0 Å². The molecule has 0 bridgehead atoms. The number of carbonyl (C=O) groups excluding carboxylic acids is 1. The SMILES string of the molecule is CCc1noc(-c2ccccc2NC(=O)COc2ccc(C)cc2)n1. The molecule has 3 rings (SSSR count). The molecule has 6 heteroatoms. The molecule has 128 valence electrons. The van der Waals surface area contributed by atoms with Crippen LogP contribution in [0.5, 0.6) is 5.75 Å². The first-order chi connectivity index (χ1) is 12.2. The summed E-state index contributed by atoms with van der Waals surface area (Å²) in [5, 5.41) is 6.72. The van der Waals surface area contributed by atoms with Gasteiger partial charge in [0.05, 0.1) is 11.3 Å². The summed E-state index contributed by atoms with van der Waals surface area (Å²) in [5.41, 5.74) is 2.42. The lowest BCUT2D eigenvalue weighted by Gasteiger charge is -2.10. The highest BCUT2D eigenvalue weighted by molar-refractivity contribution is 5.95. The largest absolute Gasteiger partial charge is 0.484 e. The van der Waals surface area contributed by atoms with E-state index in [1.54, 1.807) is 6.07 Å². The normalized spacial score (nSPS) is 10.5. The van der Waals surface area contributed by atoms with E-state index in [-0.39, 0.29) is 12.5 Å². The number of hydrogen-bond donors (Lipinski definition) is 1. The smallest absolute Gasteiger partial charge is 0.262 e. The molecule has 0 saturated carbocycles. The Morgan fingerprint density at radius 3 is 2.64 bits per heavy atom. The fourth-order valence-corrected chi connectivity index (χ4v) is 2.26. The monoisotopic (exact) mass is 337 g/mol. The van der Waals surface area contributed by atoms with Crippen molar-refractivity contribution >= 4 is 11.6 Å². The van der Waals surface area contributed by atoms with Gasteiger partial charge in [-0.2, -0.15) is 4.98 Å². The quantitative estimate of drug-likeness (QED) is 0.743. The van der Waals surface area contributed by atoms with Gasteiger partial charge in [0.25, 0.3) is 11.8 Å². The molecule has 0 fully saturated rings. The van der Waals surface area contributed by atoms with E-state index >= 15 is 0 Å². The van der Waals surface area contributed by atoms with E-state index < -0.39 is 0 Å². The van der Waals surface area contributed by atoms with E-state index in [2.05, 4.69) is 15.5 Å². The maximum atomic E-state index is 12.2. The van der Waals surface area contributed by atoms with Gasteiger partial charge < -0.3 is 14.6 Å². The van der Waals surface area contributed by atoms with Gasteiger partial charge >= 0.3 is 0 Å². The van der Waals surface area contributed by atoms with Gasteiger partial charge in [0.15, 0.2) is 12.4 Å². The second-order valence-corrected chi connectivity index (χ2v) is 5.56. The second kappa shape index (κ2) is 7.61. The highest BCUT2D eigenvalue weighted by atomic mass is 16.5. The van der Waals surface area contributed by atoms with Gasteiger partial charge in [-0.1, -0.05) is 41.9 Å². The van der Waals surface area contributed by atoms with Gasteiger partial charge in [0, 0.05) is 6.42 Å². The zero-order valence-electron chi connectivity index (χ0n) is 14.2. The average Bonchev–Trinajstić information content (AvgIpc) is 3.11. The summed E-state index contributed by atoms with van der Waals surface area (Å²) in [6.45, 7) is 3.86. The zero-order chi connectivity index (χ0) is 17.6. The standard InChI is InChI=1S/C19H19N3O3/c1-3-17-21-19(25-22-17)15-6-4-5-7-16(15)20-18(23)12-24-14-10-8-13(2)9-11-14/h4-11H,3,12H2,1-2H3,(H,20,23). The molecule has 0 aliphatic carbocycles. The number of nitrogens with one attached hydrogen (secondary N) is 1. The predicted molar refractivity (Wildman–Crippen MR) is 94.4 cm³/mol. The van der Waals surface area contributed by atoms with Crippen molar-refractivity contribution in [3.05, 3.63) is 59.9 Å². The fourth-order valence-electron chi connectivity index (χ4n) is 2.26. The van der Waals surface area contributed by atoms with Crippen LogP contribution in [-0.2, 0) is 11.2 Å². The summed E-state index contributed by atoms with van der Waals surface area (Å²) < 4.78 is 10.8. The number of nitrogens with zero attached hydrogens (tertiary/aromatic N) is 2. The van der Waals surface area contributed by atoms with Crippen LogP contribution < -0.4 is 10.1 Å². The van der Waals surface area contributed by atoms with Crippen LogP contribution in [0.25, 0.3) is 11.5 Å². The number of aryl methyl sites for hydroxylation is 2. The van der Waals surface area contributed by atoms with Gasteiger partial charge in [-0.05, 0) is 31.2 Å². The molecule has 0 atom stereocenters. The summed E-state index contributed by atoms with van der Waals surface area (Å²) in [7, 11) is 0. The fraction of sp³-hybridized carbons (Fsp3) is 0.211. The van der Waals surface area contributed by atoms with Crippen LogP contribution in [0.1, 0.15) is 18.3 Å². The third-order valence-electron chi connectivity index (χ3n) is 3.61. The third kappa shape index (κ3) is 4.23. The van der Waals surface area contributed by atoms with Crippen molar-refractivity contribution in [1.29, 1.82) is 0 Å². The van der Waals surface area contributed by atoms with E-state index in [0.29, 0.717) is 35.1 Å². The Hall–Kier alpha value is -3.15. The molecule has 6 nitrogen and oxygen atoms in total. The number of amides is 1. The summed E-state index contributed by atoms with van der Waals surface area (Å²) in [4.78, 5) is 16.5. The van der Waals surface area contributed by atoms with Crippen molar-refractivity contribution in [2.45, 2.75) is 20.3 Å². The molecule has 0 radical (unpaired) electrons. The third-order valence-corrected chi connectivity index (χ3v) is 3.61. The number of ether oxygens (including phenoxy) is 1. The van der Waals surface area contributed by atoms with Gasteiger partial charge in [-0.3, -0.25) is 4.79 Å². The number of aromatic nitrogens is 2. The first kappa shape index (κ1) is 16.7. The average molecular weight is 337 g/mol. The Labute approximate surface area is 145 Å². The Morgan fingerprint density at radius 1 is 1.16 bits per heavy atom. The summed E-state index contributed by atoms with van der Waals surface area (Å²) in [5.74, 6) is 1.40. The van der Waals surface area contributed by atoms with E-state index in [9.17, 15) is 4.79 Å². The van der Waals surface area contributed by atoms with Gasteiger partial charge in [0.1, 0.15) is 5.75 Å². The van der Waals surface area contributed by atoms with Crippen LogP contribution in [0.3, 0.4) is 0 Å². The van der Waals surface area contributed by atoms with Crippen LogP contribution >= 0.6 is 0 Å². The number of rotatable bonds is 6. The topological polar surface area (TPSA) is 77.2 Å². The molecule has 1 aromatic heterocycles. The van der Waals surface area contributed by atoms with Gasteiger partial charge in [0.2, 0.25) is 0 Å². The molecule has 1 N–H and O–H groups in total. The molecule has 2 aromatic carbocycles. The van der Waals surface area contributed by atoms with Crippen LogP contribution in [0.4, 0.5) is 5.69 Å². The lowest BCUT2D eigenvalue weighted by molar-refractivity contribution is -0.118. The predicted octanol–water partition coefficient (Wildman–Crippen LogP) is 3.62. The number of hydrogen-bond acceptors (Lipinski definition) is 5. The zero-order valence-corrected chi connectivity index (χ0v) is 14.2. The van der Waals surface area contributed by atoms with E-state index in [1.165, 1.54) is 0 Å². The van der Waals surface area contributed by atoms with E-state index in [1.807, 2.05) is 56.3 Å². The maximum absolute atomic E-state index is 12.2. The lowest BCUT2D eigenvalue weighted by atomic mass is 10.1. The molecule has 3 aromatic rings. The minimum atomic E-state index is -0.261. The lowest BCUT2D eigenvalue weighted by Crippen LogP contribution is -2.20. The molecule has 0 spiro atoms. The number of benzene rings is 2. The molecule has 0 aliphatic rings. The van der Waals surface area contributed by atoms with Crippen LogP contribution in [0.2, 0.25) is 0 Å². The van der Waals surface area contributed by atoms with Crippen LogP contribution in [-0.4, -0.2) is 22.7 Å². The second-order valence-electron chi connectivity index (χ2n) is 5.56. The maximum Gasteiger partial charge on any atom is 0.262 e. The number of carbonyl (C=O) groups is 1. The number of para-hydroxylation sites is 1. The molecule has 1 amide bonds. The summed E-state index contributed by atoms with van der Waals surface area (Å²) >= 11 is 0. The van der Waals surface area contributed by atoms with E-state index in [0.717, 1.165) is 5.56 Å². The van der Waals surface area contributed by atoms with Crippen molar-refractivity contribution in [3.8, 4) is 17.2 Å². The van der Waals surface area contributed by atoms with Crippen LogP contribution in [0, 0.1) is 6.92 Å². The molecule has 25 heavy (non-hydrogen) atoms. The Bertz CT molecular complexity index is 856. The highest BCUT2D eigenvalue weighted by Crippen LogP contribution is 2.26. The Morgan fingerprint density at radius 2 is 1.92 bits per heavy atom. The molecule has 0 aliphatic heterocycles. The minimum absolute atomic E-state index is 0.0819. The van der Waals surface area contributed by atoms with Crippen molar-refractivity contribution in [3.63, 3.8) is 0 Å². The molecular formula is C19H19N3O3. The van der Waals surface area contributed by atoms with E-state index in [4.69, 9.17) is 9.26 Å². The van der Waals surface area contributed by atoms with Crippen molar-refractivity contribution < 1.29 is 14.1 Å². The van der Waals surface area contributed by atoms with Crippen molar-refractivity contribution in [2.75, 3.05) is 11.9 Å². The highest BCUT2D eigenvalue weighted by Gasteiger charge is 2.14. The van der Waals surface area contributed by atoms with Crippen molar-refractivity contribution in [2.24, 2.45) is 0 Å². The van der Waals surface area contributed by atoms with Crippen LogP contribution in [0.15, 0.2) is 53.1 Å². The summed E-state index contributed by atoms with van der Waals surface area (Å²) in [6, 6.07) is 14.8. The number of anilines is 1. The Kier molecular flexibility index (Phi) is 5.09. The first-order valence-electron chi connectivity index (χ1n) is 8.07. The molecule has 1 heterocycles. The van der Waals surface area contributed by atoms with Gasteiger partial charge in [-0.15, -0.1) is 0 Å². The minimum Gasteiger partial charge on any atom is -0.484 e. The Balaban J connectivity index is 1.68.